The third-order valence-electron chi connectivity index (χ3n) is 5.42. The van der Waals surface area contributed by atoms with Gasteiger partial charge in [0.1, 0.15) is 17.4 Å². The first-order valence-corrected chi connectivity index (χ1v) is 11.3. The average Bonchev–Trinajstić information content (AvgIpc) is 2.82. The molecule has 1 amide bonds. The first kappa shape index (κ1) is 21.7. The summed E-state index contributed by atoms with van der Waals surface area (Å²) in [6.45, 7) is 0. The van der Waals surface area contributed by atoms with Gasteiger partial charge in [0.25, 0.3) is 5.56 Å². The molecular weight excluding hydrogens is 424 g/mol. The Hall–Kier alpha value is -3.57. The summed E-state index contributed by atoms with van der Waals surface area (Å²) in [6, 6.07) is 17.0. The SMILES string of the molecule is COc1ccc(-c2nc(SCC(=O)N[C@H]3CCCc4ccccc43)[nH]c(=O)c2C#N)cc1. The highest BCUT2D eigenvalue weighted by Crippen LogP contribution is 2.30. The van der Waals surface area contributed by atoms with Crippen LogP contribution < -0.4 is 15.6 Å². The summed E-state index contributed by atoms with van der Waals surface area (Å²) < 4.78 is 5.16. The molecule has 0 unspecified atom stereocenters. The molecule has 0 saturated carbocycles. The van der Waals surface area contributed by atoms with E-state index in [2.05, 4.69) is 27.4 Å². The fraction of sp³-hybridized carbons (Fsp3) is 0.250. The number of aromatic nitrogens is 2. The van der Waals surface area contributed by atoms with Crippen LogP contribution in [0.25, 0.3) is 11.3 Å². The van der Waals surface area contributed by atoms with Crippen molar-refractivity contribution in [2.45, 2.75) is 30.5 Å². The molecule has 1 aliphatic rings. The lowest BCUT2D eigenvalue weighted by Gasteiger charge is -2.26. The van der Waals surface area contributed by atoms with E-state index in [1.807, 2.05) is 18.2 Å². The molecule has 32 heavy (non-hydrogen) atoms. The molecule has 0 aliphatic heterocycles. The molecular formula is C24H22N4O3S. The summed E-state index contributed by atoms with van der Waals surface area (Å²) in [5, 5.41) is 12.8. The first-order chi connectivity index (χ1) is 15.6. The van der Waals surface area contributed by atoms with Crippen molar-refractivity contribution in [3.8, 4) is 23.1 Å². The summed E-state index contributed by atoms with van der Waals surface area (Å²) >= 11 is 1.14. The van der Waals surface area contributed by atoms with Crippen molar-refractivity contribution in [1.82, 2.24) is 15.3 Å². The van der Waals surface area contributed by atoms with E-state index >= 15 is 0 Å². The molecule has 0 spiro atoms. The fourth-order valence-electron chi connectivity index (χ4n) is 3.86. The molecule has 8 heteroatoms. The monoisotopic (exact) mass is 446 g/mol. The number of nitrogens with zero attached hydrogens (tertiary/aromatic N) is 2. The molecule has 1 heterocycles. The number of aromatic amines is 1. The van der Waals surface area contributed by atoms with Crippen molar-refractivity contribution in [3.63, 3.8) is 0 Å². The second kappa shape index (κ2) is 9.71. The fourth-order valence-corrected chi connectivity index (χ4v) is 4.53. The minimum atomic E-state index is -0.530. The normalized spacial score (nSPS) is 14.8. The van der Waals surface area contributed by atoms with E-state index in [4.69, 9.17) is 4.74 Å². The quantitative estimate of drug-likeness (QED) is 0.442. The van der Waals surface area contributed by atoms with Crippen molar-refractivity contribution in [2.24, 2.45) is 0 Å². The van der Waals surface area contributed by atoms with Gasteiger partial charge in [-0.1, -0.05) is 36.0 Å². The Kier molecular flexibility index (Phi) is 6.57. The number of ether oxygens (including phenoxy) is 1. The Labute approximate surface area is 189 Å². The number of H-pyrrole nitrogens is 1. The Morgan fingerprint density at radius 1 is 1.28 bits per heavy atom. The van der Waals surface area contributed by atoms with Gasteiger partial charge in [-0.25, -0.2) is 4.98 Å². The summed E-state index contributed by atoms with van der Waals surface area (Å²) in [7, 11) is 1.56. The molecule has 4 rings (SSSR count). The van der Waals surface area contributed by atoms with Gasteiger partial charge >= 0.3 is 0 Å². The maximum atomic E-state index is 12.6. The van der Waals surface area contributed by atoms with Crippen molar-refractivity contribution in [2.75, 3.05) is 12.9 Å². The molecule has 0 saturated heterocycles. The number of nitriles is 1. The lowest BCUT2D eigenvalue weighted by Crippen LogP contribution is -2.32. The van der Waals surface area contributed by atoms with Gasteiger partial charge in [0.15, 0.2) is 5.16 Å². The molecule has 162 valence electrons. The van der Waals surface area contributed by atoms with Gasteiger partial charge in [0.2, 0.25) is 5.91 Å². The highest BCUT2D eigenvalue weighted by atomic mass is 32.2. The highest BCUT2D eigenvalue weighted by Gasteiger charge is 2.22. The summed E-state index contributed by atoms with van der Waals surface area (Å²) in [5.74, 6) is 0.637. The Bertz CT molecular complexity index is 1230. The zero-order valence-electron chi connectivity index (χ0n) is 17.6. The van der Waals surface area contributed by atoms with E-state index in [1.165, 1.54) is 11.1 Å². The van der Waals surface area contributed by atoms with Crippen LogP contribution in [0.15, 0.2) is 58.5 Å². The summed E-state index contributed by atoms with van der Waals surface area (Å²) in [5.41, 5.74) is 2.75. The molecule has 2 N–H and O–H groups in total. The van der Waals surface area contributed by atoms with Crippen molar-refractivity contribution in [1.29, 1.82) is 5.26 Å². The van der Waals surface area contributed by atoms with Crippen LogP contribution in [0, 0.1) is 11.3 Å². The summed E-state index contributed by atoms with van der Waals surface area (Å²) in [4.78, 5) is 32.1. The van der Waals surface area contributed by atoms with Crippen LogP contribution in [0.2, 0.25) is 0 Å². The first-order valence-electron chi connectivity index (χ1n) is 10.3. The number of hydrogen-bond donors (Lipinski definition) is 2. The number of aryl methyl sites for hydroxylation is 1. The lowest BCUT2D eigenvalue weighted by atomic mass is 9.88. The number of hydrogen-bond acceptors (Lipinski definition) is 6. The second-order valence-electron chi connectivity index (χ2n) is 7.43. The van der Waals surface area contributed by atoms with Gasteiger partial charge < -0.3 is 15.0 Å². The van der Waals surface area contributed by atoms with Crippen LogP contribution in [0.1, 0.15) is 35.6 Å². The van der Waals surface area contributed by atoms with E-state index in [9.17, 15) is 14.9 Å². The molecule has 1 atom stereocenters. The minimum Gasteiger partial charge on any atom is -0.497 e. The van der Waals surface area contributed by atoms with E-state index in [0.29, 0.717) is 16.5 Å². The van der Waals surface area contributed by atoms with Crippen molar-refractivity contribution < 1.29 is 9.53 Å². The smallest absolute Gasteiger partial charge is 0.270 e. The van der Waals surface area contributed by atoms with Crippen LogP contribution in [0.4, 0.5) is 0 Å². The van der Waals surface area contributed by atoms with Crippen LogP contribution in [0.3, 0.4) is 0 Å². The molecule has 1 aromatic heterocycles. The molecule has 3 aromatic rings. The maximum Gasteiger partial charge on any atom is 0.270 e. The number of thioether (sulfide) groups is 1. The molecule has 0 bridgehead atoms. The number of fused-ring (bicyclic) bond motifs is 1. The lowest BCUT2D eigenvalue weighted by molar-refractivity contribution is -0.119. The number of benzene rings is 2. The number of nitrogens with one attached hydrogen (secondary N) is 2. The predicted octanol–water partition coefficient (Wildman–Crippen LogP) is 3.60. The van der Waals surface area contributed by atoms with E-state index < -0.39 is 5.56 Å². The molecule has 1 aliphatic carbocycles. The van der Waals surface area contributed by atoms with Crippen molar-refractivity contribution in [3.05, 3.63) is 75.6 Å². The van der Waals surface area contributed by atoms with Gasteiger partial charge in [0, 0.05) is 5.56 Å². The largest absolute Gasteiger partial charge is 0.497 e. The molecule has 2 aromatic carbocycles. The van der Waals surface area contributed by atoms with Gasteiger partial charge in [-0.2, -0.15) is 5.26 Å². The van der Waals surface area contributed by atoms with E-state index in [0.717, 1.165) is 31.0 Å². The number of amides is 1. The third kappa shape index (κ3) is 4.68. The van der Waals surface area contributed by atoms with Gasteiger partial charge in [0.05, 0.1) is 24.6 Å². The number of carbonyl (C=O) groups excluding carboxylic acids is 1. The zero-order chi connectivity index (χ0) is 22.5. The number of methoxy groups -OCH3 is 1. The Morgan fingerprint density at radius 2 is 2.06 bits per heavy atom. The van der Waals surface area contributed by atoms with Gasteiger partial charge in [-0.05, 0) is 54.7 Å². The standard InChI is InChI=1S/C24H22N4O3S/c1-31-17-11-9-16(10-12-17)22-19(13-25)23(30)28-24(27-22)32-14-21(29)26-20-8-4-6-15-5-2-3-7-18(15)20/h2-3,5,7,9-12,20H,4,6,8,14H2,1H3,(H,26,29)(H,27,28,30)/t20-/m0/s1. The van der Waals surface area contributed by atoms with Gasteiger partial charge in [-0.3, -0.25) is 9.59 Å². The van der Waals surface area contributed by atoms with E-state index in [-0.39, 0.29) is 29.0 Å². The van der Waals surface area contributed by atoms with Crippen LogP contribution in [-0.2, 0) is 11.2 Å². The molecule has 0 fully saturated rings. The van der Waals surface area contributed by atoms with E-state index in [1.54, 1.807) is 31.4 Å². The summed E-state index contributed by atoms with van der Waals surface area (Å²) in [6.07, 6.45) is 2.97. The van der Waals surface area contributed by atoms with Crippen molar-refractivity contribution >= 4 is 17.7 Å². The maximum absolute atomic E-state index is 12.6. The topological polar surface area (TPSA) is 108 Å². The number of carbonyl (C=O) groups is 1. The average molecular weight is 447 g/mol. The third-order valence-corrected chi connectivity index (χ3v) is 6.29. The second-order valence-corrected chi connectivity index (χ2v) is 8.40. The zero-order valence-corrected chi connectivity index (χ0v) is 18.4. The predicted molar refractivity (Wildman–Crippen MR) is 123 cm³/mol. The van der Waals surface area contributed by atoms with Crippen LogP contribution in [0.5, 0.6) is 5.75 Å². The number of rotatable bonds is 6. The minimum absolute atomic E-state index is 0.00381. The Morgan fingerprint density at radius 3 is 2.81 bits per heavy atom. The highest BCUT2D eigenvalue weighted by molar-refractivity contribution is 7.99. The van der Waals surface area contributed by atoms with Crippen LogP contribution in [-0.4, -0.2) is 28.7 Å². The Balaban J connectivity index is 1.49. The van der Waals surface area contributed by atoms with Gasteiger partial charge in [-0.15, -0.1) is 0 Å². The molecule has 7 nitrogen and oxygen atoms in total. The van der Waals surface area contributed by atoms with Crippen LogP contribution >= 0.6 is 11.8 Å². The molecule has 0 radical (unpaired) electrons.